The van der Waals surface area contributed by atoms with Crippen LogP contribution in [0.15, 0.2) is 42.5 Å². The Hall–Kier alpha value is -3.26. The average Bonchev–Trinajstić information content (AvgIpc) is 2.68. The Morgan fingerprint density at radius 1 is 0.862 bits per heavy atom. The number of rotatable bonds is 5. The van der Waals surface area contributed by atoms with Gasteiger partial charge in [-0.3, -0.25) is 30.6 Å². The van der Waals surface area contributed by atoms with Gasteiger partial charge in [0.25, 0.3) is 5.91 Å². The van der Waals surface area contributed by atoms with Crippen molar-refractivity contribution < 1.29 is 14.4 Å². The first kappa shape index (κ1) is 22.0. The fourth-order valence-electron chi connectivity index (χ4n) is 2.53. The van der Waals surface area contributed by atoms with Crippen LogP contribution in [0.3, 0.4) is 0 Å². The van der Waals surface area contributed by atoms with E-state index in [2.05, 4.69) is 21.5 Å². The fraction of sp³-hybridized carbons (Fsp3) is 0.238. The van der Waals surface area contributed by atoms with E-state index in [4.69, 9.17) is 12.2 Å². The van der Waals surface area contributed by atoms with E-state index in [0.717, 1.165) is 22.4 Å². The molecule has 3 amide bonds. The first-order chi connectivity index (χ1) is 13.8. The van der Waals surface area contributed by atoms with E-state index in [1.807, 2.05) is 51.1 Å². The number of benzene rings is 2. The van der Waals surface area contributed by atoms with E-state index in [0.29, 0.717) is 5.56 Å². The van der Waals surface area contributed by atoms with Crippen molar-refractivity contribution in [2.24, 2.45) is 0 Å². The van der Waals surface area contributed by atoms with Gasteiger partial charge >= 0.3 is 0 Å². The quantitative estimate of drug-likeness (QED) is 0.447. The fourth-order valence-corrected chi connectivity index (χ4v) is 2.67. The Bertz CT molecular complexity index is 943. The third-order valence-corrected chi connectivity index (χ3v) is 4.38. The van der Waals surface area contributed by atoms with Crippen molar-refractivity contribution >= 4 is 40.7 Å². The molecule has 0 saturated heterocycles. The van der Waals surface area contributed by atoms with Gasteiger partial charge in [0.15, 0.2) is 5.11 Å². The zero-order valence-electron chi connectivity index (χ0n) is 16.6. The lowest BCUT2D eigenvalue weighted by atomic mass is 10.1. The molecule has 2 aromatic rings. The summed E-state index contributed by atoms with van der Waals surface area (Å²) in [5, 5.41) is 5.25. The number of aryl methyl sites for hydroxylation is 3. The Balaban J connectivity index is 1.73. The van der Waals surface area contributed by atoms with E-state index >= 15 is 0 Å². The van der Waals surface area contributed by atoms with Gasteiger partial charge in [-0.1, -0.05) is 30.3 Å². The molecule has 29 heavy (non-hydrogen) atoms. The molecule has 2 aromatic carbocycles. The number of thiocarbonyl (C=S) groups is 1. The van der Waals surface area contributed by atoms with Crippen molar-refractivity contribution in [2.45, 2.75) is 33.6 Å². The monoisotopic (exact) mass is 412 g/mol. The van der Waals surface area contributed by atoms with E-state index < -0.39 is 5.91 Å². The standard InChI is InChI=1S/C21H24N4O3S/c1-13-8-9-15(3)17(12-13)22-18(26)10-11-19(27)24-25-21(29)23-20(28)16-7-5-4-6-14(16)2/h4-9,12H,10-11H2,1-3H3,(H,22,26)(H,24,27)(H2,23,25,28,29). The van der Waals surface area contributed by atoms with Gasteiger partial charge in [0, 0.05) is 24.1 Å². The summed E-state index contributed by atoms with van der Waals surface area (Å²) in [5.74, 6) is -1.05. The van der Waals surface area contributed by atoms with Gasteiger partial charge in [-0.2, -0.15) is 0 Å². The number of hydrazine groups is 1. The Morgan fingerprint density at radius 2 is 1.55 bits per heavy atom. The van der Waals surface area contributed by atoms with Crippen LogP contribution >= 0.6 is 12.2 Å². The molecule has 0 spiro atoms. The first-order valence-electron chi connectivity index (χ1n) is 9.09. The summed E-state index contributed by atoms with van der Waals surface area (Å²) in [6.07, 6.45) is -0.0126. The SMILES string of the molecule is Cc1ccc(C)c(NC(=O)CCC(=O)NNC(=S)NC(=O)c2ccccc2C)c1. The summed E-state index contributed by atoms with van der Waals surface area (Å²) in [6, 6.07) is 12.8. The Morgan fingerprint density at radius 3 is 2.28 bits per heavy atom. The Kier molecular flexibility index (Phi) is 7.85. The molecular weight excluding hydrogens is 388 g/mol. The third-order valence-electron chi connectivity index (χ3n) is 4.18. The first-order valence-corrected chi connectivity index (χ1v) is 9.50. The van der Waals surface area contributed by atoms with Gasteiger partial charge in [-0.05, 0) is 61.8 Å². The van der Waals surface area contributed by atoms with Gasteiger partial charge < -0.3 is 5.32 Å². The van der Waals surface area contributed by atoms with Crippen LogP contribution in [0.1, 0.15) is 39.9 Å². The lowest BCUT2D eigenvalue weighted by Gasteiger charge is -2.12. The third kappa shape index (κ3) is 7.00. The normalized spacial score (nSPS) is 10.0. The van der Waals surface area contributed by atoms with Crippen LogP contribution in [0.4, 0.5) is 5.69 Å². The molecule has 0 aliphatic rings. The molecule has 0 saturated carbocycles. The second-order valence-electron chi connectivity index (χ2n) is 6.64. The molecule has 4 N–H and O–H groups in total. The number of hydrogen-bond acceptors (Lipinski definition) is 4. The second-order valence-corrected chi connectivity index (χ2v) is 7.05. The number of amides is 3. The molecule has 0 atom stereocenters. The molecular formula is C21H24N4O3S. The molecule has 0 aromatic heterocycles. The average molecular weight is 413 g/mol. The number of nitrogens with one attached hydrogen (secondary N) is 4. The summed E-state index contributed by atoms with van der Waals surface area (Å²) < 4.78 is 0. The van der Waals surface area contributed by atoms with Gasteiger partial charge in [0.05, 0.1) is 0 Å². The summed E-state index contributed by atoms with van der Waals surface area (Å²) in [6.45, 7) is 5.66. The topological polar surface area (TPSA) is 99.3 Å². The molecule has 152 valence electrons. The van der Waals surface area contributed by atoms with Crippen LogP contribution in [-0.2, 0) is 9.59 Å². The minimum absolute atomic E-state index is 0.0171. The molecule has 7 nitrogen and oxygen atoms in total. The van der Waals surface area contributed by atoms with Crippen LogP contribution in [0, 0.1) is 20.8 Å². The molecule has 0 unspecified atom stereocenters. The van der Waals surface area contributed by atoms with E-state index in [-0.39, 0.29) is 29.8 Å². The highest BCUT2D eigenvalue weighted by Crippen LogP contribution is 2.16. The van der Waals surface area contributed by atoms with Crippen LogP contribution < -0.4 is 21.5 Å². The van der Waals surface area contributed by atoms with Crippen molar-refractivity contribution in [3.63, 3.8) is 0 Å². The van der Waals surface area contributed by atoms with Crippen molar-refractivity contribution in [3.05, 3.63) is 64.7 Å². The zero-order valence-corrected chi connectivity index (χ0v) is 17.4. The summed E-state index contributed by atoms with van der Waals surface area (Å²) >= 11 is 5.00. The van der Waals surface area contributed by atoms with Crippen LogP contribution in [0.5, 0.6) is 0 Å². The van der Waals surface area contributed by atoms with Crippen molar-refractivity contribution in [1.82, 2.24) is 16.2 Å². The second kappa shape index (κ2) is 10.3. The highest BCUT2D eigenvalue weighted by Gasteiger charge is 2.12. The minimum atomic E-state index is -0.423. The maximum Gasteiger partial charge on any atom is 0.257 e. The molecule has 0 fully saturated rings. The highest BCUT2D eigenvalue weighted by molar-refractivity contribution is 7.80. The van der Waals surface area contributed by atoms with Crippen LogP contribution in [0.2, 0.25) is 0 Å². The van der Waals surface area contributed by atoms with E-state index in [1.54, 1.807) is 12.1 Å². The molecule has 2 rings (SSSR count). The van der Waals surface area contributed by atoms with Crippen LogP contribution in [-0.4, -0.2) is 22.8 Å². The summed E-state index contributed by atoms with van der Waals surface area (Å²) in [7, 11) is 0. The molecule has 8 heteroatoms. The van der Waals surface area contributed by atoms with Crippen molar-refractivity contribution in [2.75, 3.05) is 5.32 Å². The maximum absolute atomic E-state index is 12.2. The Labute approximate surface area is 175 Å². The predicted molar refractivity (Wildman–Crippen MR) is 116 cm³/mol. The predicted octanol–water partition coefficient (Wildman–Crippen LogP) is 2.67. The molecule has 0 radical (unpaired) electrons. The van der Waals surface area contributed by atoms with E-state index in [1.165, 1.54) is 0 Å². The van der Waals surface area contributed by atoms with Crippen molar-refractivity contribution in [1.29, 1.82) is 0 Å². The van der Waals surface area contributed by atoms with E-state index in [9.17, 15) is 14.4 Å². The van der Waals surface area contributed by atoms with Gasteiger partial charge in [-0.15, -0.1) is 0 Å². The number of carbonyl (C=O) groups excluding carboxylic acids is 3. The van der Waals surface area contributed by atoms with Gasteiger partial charge in [0.2, 0.25) is 11.8 Å². The lowest BCUT2D eigenvalue weighted by Crippen LogP contribution is -2.48. The maximum atomic E-state index is 12.2. The highest BCUT2D eigenvalue weighted by atomic mass is 32.1. The summed E-state index contributed by atoms with van der Waals surface area (Å²) in [4.78, 5) is 36.1. The number of carbonyl (C=O) groups is 3. The molecule has 0 bridgehead atoms. The molecule has 0 heterocycles. The minimum Gasteiger partial charge on any atom is -0.326 e. The molecule has 0 aliphatic carbocycles. The van der Waals surface area contributed by atoms with Crippen molar-refractivity contribution in [3.8, 4) is 0 Å². The smallest absolute Gasteiger partial charge is 0.257 e. The number of hydrogen-bond donors (Lipinski definition) is 4. The number of anilines is 1. The zero-order chi connectivity index (χ0) is 21.4. The van der Waals surface area contributed by atoms with Crippen LogP contribution in [0.25, 0.3) is 0 Å². The van der Waals surface area contributed by atoms with Gasteiger partial charge in [0.1, 0.15) is 0 Å². The largest absolute Gasteiger partial charge is 0.326 e. The molecule has 0 aliphatic heterocycles. The lowest BCUT2D eigenvalue weighted by molar-refractivity contribution is -0.124. The van der Waals surface area contributed by atoms with Gasteiger partial charge in [-0.25, -0.2) is 0 Å². The summed E-state index contributed by atoms with van der Waals surface area (Å²) in [5.41, 5.74) is 8.85.